The van der Waals surface area contributed by atoms with Crippen LogP contribution in [0.5, 0.6) is 0 Å². The van der Waals surface area contributed by atoms with Crippen LogP contribution >= 0.6 is 0 Å². The summed E-state index contributed by atoms with van der Waals surface area (Å²) in [5.74, 6) is 0.383. The van der Waals surface area contributed by atoms with E-state index in [1.165, 1.54) is 6.42 Å². The van der Waals surface area contributed by atoms with Gasteiger partial charge in [0.1, 0.15) is 0 Å². The fourth-order valence-electron chi connectivity index (χ4n) is 2.62. The molecule has 2 N–H and O–H groups in total. The van der Waals surface area contributed by atoms with Crippen molar-refractivity contribution in [3.05, 3.63) is 35.9 Å². The van der Waals surface area contributed by atoms with E-state index in [9.17, 15) is 9.59 Å². The van der Waals surface area contributed by atoms with Gasteiger partial charge in [0.2, 0.25) is 5.91 Å². The van der Waals surface area contributed by atoms with E-state index < -0.39 is 6.03 Å². The number of carbonyl (C=O) groups excluding carboxylic acids is 2. The number of hydrogen-bond donors (Lipinski definition) is 2. The standard InChI is InChI=1S/C16H23N3O2/c1-13-6-5-9-19(11-13)12-15(20)18-16(21)17-10-14-7-3-2-4-8-14/h2-4,7-8,13H,5-6,9-12H2,1H3,(H2,17,18,20,21)/t13-/m0/s1. The van der Waals surface area contributed by atoms with Crippen molar-refractivity contribution in [2.75, 3.05) is 19.6 Å². The van der Waals surface area contributed by atoms with Crippen LogP contribution in [0.25, 0.3) is 0 Å². The number of rotatable bonds is 4. The molecule has 1 aliphatic heterocycles. The number of amides is 3. The lowest BCUT2D eigenvalue weighted by Gasteiger charge is -2.29. The maximum absolute atomic E-state index is 11.8. The molecule has 0 radical (unpaired) electrons. The normalized spacial score (nSPS) is 19.0. The number of hydrogen-bond acceptors (Lipinski definition) is 3. The molecular formula is C16H23N3O2. The third-order valence-electron chi connectivity index (χ3n) is 3.66. The van der Waals surface area contributed by atoms with E-state index in [4.69, 9.17) is 0 Å². The van der Waals surface area contributed by atoms with Crippen LogP contribution in [0, 0.1) is 5.92 Å². The highest BCUT2D eigenvalue weighted by atomic mass is 16.2. The number of likely N-dealkylation sites (tertiary alicyclic amines) is 1. The molecular weight excluding hydrogens is 266 g/mol. The summed E-state index contributed by atoms with van der Waals surface area (Å²) in [6.45, 7) is 4.77. The van der Waals surface area contributed by atoms with Gasteiger partial charge in [0.25, 0.3) is 0 Å². The predicted molar refractivity (Wildman–Crippen MR) is 81.7 cm³/mol. The van der Waals surface area contributed by atoms with Crippen molar-refractivity contribution in [1.82, 2.24) is 15.5 Å². The number of urea groups is 1. The van der Waals surface area contributed by atoms with Crippen LogP contribution in [0.15, 0.2) is 30.3 Å². The zero-order valence-electron chi connectivity index (χ0n) is 12.5. The molecule has 1 aromatic carbocycles. The minimum Gasteiger partial charge on any atom is -0.334 e. The van der Waals surface area contributed by atoms with Gasteiger partial charge in [-0.05, 0) is 30.9 Å². The Balaban J connectivity index is 1.68. The molecule has 0 unspecified atom stereocenters. The molecule has 0 bridgehead atoms. The van der Waals surface area contributed by atoms with Gasteiger partial charge in [-0.1, -0.05) is 37.3 Å². The van der Waals surface area contributed by atoms with E-state index >= 15 is 0 Å². The molecule has 0 aliphatic carbocycles. The van der Waals surface area contributed by atoms with Crippen molar-refractivity contribution in [1.29, 1.82) is 0 Å². The zero-order valence-corrected chi connectivity index (χ0v) is 12.5. The summed E-state index contributed by atoms with van der Waals surface area (Å²) >= 11 is 0. The molecule has 0 saturated carbocycles. The van der Waals surface area contributed by atoms with Gasteiger partial charge in [-0.15, -0.1) is 0 Å². The van der Waals surface area contributed by atoms with Crippen molar-refractivity contribution in [3.63, 3.8) is 0 Å². The Morgan fingerprint density at radius 3 is 2.76 bits per heavy atom. The van der Waals surface area contributed by atoms with Gasteiger partial charge >= 0.3 is 6.03 Å². The Labute approximate surface area is 125 Å². The summed E-state index contributed by atoms with van der Waals surface area (Å²) in [6, 6.07) is 9.17. The minimum atomic E-state index is -0.436. The van der Waals surface area contributed by atoms with Crippen LogP contribution < -0.4 is 10.6 Å². The van der Waals surface area contributed by atoms with Gasteiger partial charge in [0.15, 0.2) is 0 Å². The molecule has 21 heavy (non-hydrogen) atoms. The summed E-state index contributed by atoms with van der Waals surface area (Å²) in [5.41, 5.74) is 1.00. The highest BCUT2D eigenvalue weighted by Gasteiger charge is 2.19. The molecule has 1 fully saturated rings. The van der Waals surface area contributed by atoms with Gasteiger partial charge in [-0.25, -0.2) is 4.79 Å². The molecule has 1 aromatic rings. The SMILES string of the molecule is C[C@H]1CCCN(CC(=O)NC(=O)NCc2ccccc2)C1. The predicted octanol–water partition coefficient (Wildman–Crippen LogP) is 1.74. The molecule has 114 valence electrons. The average Bonchev–Trinajstić information content (AvgIpc) is 2.46. The quantitative estimate of drug-likeness (QED) is 0.887. The van der Waals surface area contributed by atoms with Gasteiger partial charge in [-0.3, -0.25) is 15.0 Å². The third-order valence-corrected chi connectivity index (χ3v) is 3.66. The minimum absolute atomic E-state index is 0.241. The summed E-state index contributed by atoms with van der Waals surface area (Å²) in [6.07, 6.45) is 2.34. The van der Waals surface area contributed by atoms with Crippen molar-refractivity contribution < 1.29 is 9.59 Å². The first-order valence-electron chi connectivity index (χ1n) is 7.47. The lowest BCUT2D eigenvalue weighted by Crippen LogP contribution is -2.46. The maximum Gasteiger partial charge on any atom is 0.321 e. The van der Waals surface area contributed by atoms with Gasteiger partial charge in [0, 0.05) is 13.1 Å². The molecule has 5 nitrogen and oxygen atoms in total. The molecule has 2 rings (SSSR count). The van der Waals surface area contributed by atoms with Crippen molar-refractivity contribution in [2.45, 2.75) is 26.3 Å². The van der Waals surface area contributed by atoms with Crippen LogP contribution in [0.4, 0.5) is 4.79 Å². The number of benzene rings is 1. The number of nitrogens with zero attached hydrogens (tertiary/aromatic N) is 1. The fraction of sp³-hybridized carbons (Fsp3) is 0.500. The Morgan fingerprint density at radius 1 is 1.29 bits per heavy atom. The van der Waals surface area contributed by atoms with Crippen molar-refractivity contribution >= 4 is 11.9 Å². The molecule has 1 saturated heterocycles. The van der Waals surface area contributed by atoms with Crippen LogP contribution in [-0.4, -0.2) is 36.5 Å². The Hall–Kier alpha value is -1.88. The lowest BCUT2D eigenvalue weighted by atomic mass is 10.0. The van der Waals surface area contributed by atoms with E-state index in [0.29, 0.717) is 19.0 Å². The fourth-order valence-corrected chi connectivity index (χ4v) is 2.62. The monoisotopic (exact) mass is 289 g/mol. The molecule has 0 spiro atoms. The first-order chi connectivity index (χ1) is 10.1. The highest BCUT2D eigenvalue weighted by Crippen LogP contribution is 2.14. The molecule has 1 heterocycles. The third kappa shape index (κ3) is 5.55. The van der Waals surface area contributed by atoms with E-state index in [2.05, 4.69) is 22.5 Å². The smallest absolute Gasteiger partial charge is 0.321 e. The Morgan fingerprint density at radius 2 is 2.05 bits per heavy atom. The first kappa shape index (κ1) is 15.5. The van der Waals surface area contributed by atoms with Gasteiger partial charge < -0.3 is 5.32 Å². The number of carbonyl (C=O) groups is 2. The summed E-state index contributed by atoms with van der Waals surface area (Å²) in [4.78, 5) is 25.6. The lowest BCUT2D eigenvalue weighted by molar-refractivity contribution is -0.121. The topological polar surface area (TPSA) is 61.4 Å². The van der Waals surface area contributed by atoms with Crippen molar-refractivity contribution in [3.8, 4) is 0 Å². The first-order valence-corrected chi connectivity index (χ1v) is 7.47. The summed E-state index contributed by atoms with van der Waals surface area (Å²) in [5, 5.41) is 5.07. The number of nitrogens with one attached hydrogen (secondary N) is 2. The van der Waals surface area contributed by atoms with Crippen LogP contribution in [0.1, 0.15) is 25.3 Å². The second kappa shape index (κ2) is 7.78. The van der Waals surface area contributed by atoms with Crippen LogP contribution in [0.3, 0.4) is 0 Å². The van der Waals surface area contributed by atoms with E-state index in [1.807, 2.05) is 30.3 Å². The van der Waals surface area contributed by atoms with E-state index in [0.717, 1.165) is 25.1 Å². The summed E-state index contributed by atoms with van der Waals surface area (Å²) < 4.78 is 0. The van der Waals surface area contributed by atoms with Crippen LogP contribution in [-0.2, 0) is 11.3 Å². The van der Waals surface area contributed by atoms with E-state index in [-0.39, 0.29) is 5.91 Å². The van der Waals surface area contributed by atoms with Crippen molar-refractivity contribution in [2.24, 2.45) is 5.92 Å². The summed E-state index contributed by atoms with van der Waals surface area (Å²) in [7, 11) is 0. The van der Waals surface area contributed by atoms with Gasteiger partial charge in [0.05, 0.1) is 6.54 Å². The van der Waals surface area contributed by atoms with Crippen LogP contribution in [0.2, 0.25) is 0 Å². The molecule has 1 aliphatic rings. The number of piperidine rings is 1. The second-order valence-electron chi connectivity index (χ2n) is 5.70. The zero-order chi connectivity index (χ0) is 15.1. The Bertz CT molecular complexity index is 476. The highest BCUT2D eigenvalue weighted by molar-refractivity contribution is 5.95. The average molecular weight is 289 g/mol. The molecule has 3 amide bonds. The van der Waals surface area contributed by atoms with Gasteiger partial charge in [-0.2, -0.15) is 0 Å². The molecule has 5 heteroatoms. The molecule has 1 atom stereocenters. The number of imide groups is 1. The maximum atomic E-state index is 11.8. The Kier molecular flexibility index (Phi) is 5.75. The largest absolute Gasteiger partial charge is 0.334 e. The molecule has 0 aromatic heterocycles. The second-order valence-corrected chi connectivity index (χ2v) is 5.70. The van der Waals surface area contributed by atoms with E-state index in [1.54, 1.807) is 0 Å².